The van der Waals surface area contributed by atoms with Crippen molar-refractivity contribution in [2.45, 2.75) is 64.6 Å². The predicted octanol–water partition coefficient (Wildman–Crippen LogP) is 4.27. The molecule has 0 unspecified atom stereocenters. The van der Waals surface area contributed by atoms with E-state index in [-0.39, 0.29) is 31.0 Å². The van der Waals surface area contributed by atoms with Crippen LogP contribution in [-0.4, -0.2) is 28.8 Å². The van der Waals surface area contributed by atoms with Crippen molar-refractivity contribution in [1.29, 1.82) is 0 Å². The highest BCUT2D eigenvalue weighted by molar-refractivity contribution is 5.77. The zero-order chi connectivity index (χ0) is 21.9. The first-order chi connectivity index (χ1) is 14.1. The lowest BCUT2D eigenvalue weighted by Crippen LogP contribution is -2.32. The third-order valence-corrected chi connectivity index (χ3v) is 5.26. The van der Waals surface area contributed by atoms with Gasteiger partial charge in [-0.1, -0.05) is 32.9 Å². The van der Waals surface area contributed by atoms with Crippen LogP contribution in [0.15, 0.2) is 24.3 Å². The lowest BCUT2D eigenvalue weighted by molar-refractivity contribution is -0.142. The smallest absolute Gasteiger partial charge is 0.435 e. The summed E-state index contributed by atoms with van der Waals surface area (Å²) < 4.78 is 46.6. The molecule has 1 amide bonds. The van der Waals surface area contributed by atoms with Gasteiger partial charge in [-0.05, 0) is 48.8 Å². The number of halogens is 3. The molecule has 0 bridgehead atoms. The molecular formula is C22H28F3N3O2. The van der Waals surface area contributed by atoms with Crippen LogP contribution in [0.3, 0.4) is 0 Å². The molecule has 1 N–H and O–H groups in total. The molecule has 1 aromatic heterocycles. The van der Waals surface area contributed by atoms with Crippen molar-refractivity contribution in [3.8, 4) is 5.75 Å². The van der Waals surface area contributed by atoms with E-state index in [9.17, 15) is 18.0 Å². The highest BCUT2D eigenvalue weighted by atomic mass is 19.4. The zero-order valence-electron chi connectivity index (χ0n) is 17.6. The number of hydrogen-bond donors (Lipinski definition) is 1. The van der Waals surface area contributed by atoms with Gasteiger partial charge in [-0.2, -0.15) is 18.3 Å². The molecule has 2 aromatic rings. The average Bonchev–Trinajstić information content (AvgIpc) is 3.05. The van der Waals surface area contributed by atoms with E-state index in [0.717, 1.165) is 12.8 Å². The van der Waals surface area contributed by atoms with E-state index in [1.165, 1.54) is 10.2 Å². The Morgan fingerprint density at radius 3 is 2.43 bits per heavy atom. The fraction of sp³-hybridized carbons (Fsp3) is 0.545. The van der Waals surface area contributed by atoms with Gasteiger partial charge in [0.25, 0.3) is 5.91 Å². The summed E-state index contributed by atoms with van der Waals surface area (Å²) in [4.78, 5) is 12.0. The van der Waals surface area contributed by atoms with Crippen LogP contribution in [0.4, 0.5) is 13.2 Å². The molecule has 30 heavy (non-hydrogen) atoms. The molecule has 1 aromatic carbocycles. The maximum Gasteiger partial charge on any atom is 0.435 e. The summed E-state index contributed by atoms with van der Waals surface area (Å²) >= 11 is 0. The molecule has 8 heteroatoms. The van der Waals surface area contributed by atoms with Crippen molar-refractivity contribution >= 4 is 5.91 Å². The second-order valence-corrected chi connectivity index (χ2v) is 8.61. The number of ether oxygens (including phenoxy) is 1. The minimum Gasteiger partial charge on any atom is -0.484 e. The molecule has 0 atom stereocenters. The Kier molecular flexibility index (Phi) is 6.43. The number of benzene rings is 1. The molecule has 1 aliphatic carbocycles. The largest absolute Gasteiger partial charge is 0.484 e. The van der Waals surface area contributed by atoms with Gasteiger partial charge in [0.2, 0.25) is 0 Å². The first kappa shape index (κ1) is 22.2. The SMILES string of the molecule is CC(C)(C)c1ccc(OCC(=O)NCCn2nc(C(F)(F)F)c3c2CCCC3)cc1. The average molecular weight is 423 g/mol. The van der Waals surface area contributed by atoms with E-state index < -0.39 is 11.9 Å². The van der Waals surface area contributed by atoms with Gasteiger partial charge in [0.1, 0.15) is 5.75 Å². The molecule has 3 rings (SSSR count). The Morgan fingerprint density at radius 2 is 1.80 bits per heavy atom. The first-order valence-electron chi connectivity index (χ1n) is 10.2. The van der Waals surface area contributed by atoms with Crippen LogP contribution in [0.5, 0.6) is 5.75 Å². The van der Waals surface area contributed by atoms with Crippen LogP contribution in [0, 0.1) is 0 Å². The minimum atomic E-state index is -4.45. The molecule has 0 spiro atoms. The number of aromatic nitrogens is 2. The summed E-state index contributed by atoms with van der Waals surface area (Å²) in [6.07, 6.45) is -1.87. The van der Waals surface area contributed by atoms with E-state index in [1.807, 2.05) is 24.3 Å². The topological polar surface area (TPSA) is 56.1 Å². The number of alkyl halides is 3. The summed E-state index contributed by atoms with van der Waals surface area (Å²) in [6, 6.07) is 7.57. The number of amides is 1. The van der Waals surface area contributed by atoms with E-state index in [0.29, 0.717) is 29.8 Å². The number of nitrogens with zero attached hydrogens (tertiary/aromatic N) is 2. The third kappa shape index (κ3) is 5.34. The number of rotatable bonds is 6. The van der Waals surface area contributed by atoms with Gasteiger partial charge in [-0.25, -0.2) is 0 Å². The van der Waals surface area contributed by atoms with Gasteiger partial charge >= 0.3 is 6.18 Å². The van der Waals surface area contributed by atoms with Crippen LogP contribution in [0.1, 0.15) is 56.1 Å². The number of nitrogens with one attached hydrogen (secondary N) is 1. The van der Waals surface area contributed by atoms with Crippen molar-refractivity contribution < 1.29 is 22.7 Å². The molecule has 1 aliphatic rings. The summed E-state index contributed by atoms with van der Waals surface area (Å²) in [6.45, 7) is 6.58. The maximum atomic E-state index is 13.2. The molecular weight excluding hydrogens is 395 g/mol. The van der Waals surface area contributed by atoms with Gasteiger partial charge in [0, 0.05) is 17.8 Å². The lowest BCUT2D eigenvalue weighted by atomic mass is 9.87. The summed E-state index contributed by atoms with van der Waals surface area (Å²) in [5.74, 6) is 0.265. The predicted molar refractivity (Wildman–Crippen MR) is 108 cm³/mol. The zero-order valence-corrected chi connectivity index (χ0v) is 17.6. The standard InChI is InChI=1S/C22H28F3N3O2/c1-21(2,3)15-8-10-16(11-9-15)30-14-19(29)26-12-13-28-18-7-5-4-6-17(18)20(27-28)22(23,24)25/h8-11H,4-7,12-14H2,1-3H3,(H,26,29). The molecule has 1 heterocycles. The van der Waals surface area contributed by atoms with Crippen LogP contribution in [0.25, 0.3) is 0 Å². The van der Waals surface area contributed by atoms with Gasteiger partial charge in [0.15, 0.2) is 12.3 Å². The normalized spacial score (nSPS) is 14.3. The van der Waals surface area contributed by atoms with Crippen LogP contribution in [-0.2, 0) is 35.8 Å². The van der Waals surface area contributed by atoms with Crippen LogP contribution < -0.4 is 10.1 Å². The minimum absolute atomic E-state index is 0.0353. The van der Waals surface area contributed by atoms with Crippen molar-refractivity contribution in [3.63, 3.8) is 0 Å². The molecule has 0 radical (unpaired) electrons. The molecule has 0 aliphatic heterocycles. The first-order valence-corrected chi connectivity index (χ1v) is 10.2. The lowest BCUT2D eigenvalue weighted by Gasteiger charge is -2.19. The molecule has 5 nitrogen and oxygen atoms in total. The molecule has 0 saturated carbocycles. The monoisotopic (exact) mass is 423 g/mol. The molecule has 0 saturated heterocycles. The van der Waals surface area contributed by atoms with Gasteiger partial charge in [0.05, 0.1) is 6.54 Å². The highest BCUT2D eigenvalue weighted by Gasteiger charge is 2.39. The van der Waals surface area contributed by atoms with Crippen LogP contribution in [0.2, 0.25) is 0 Å². The van der Waals surface area contributed by atoms with Crippen molar-refractivity contribution in [2.24, 2.45) is 0 Å². The van der Waals surface area contributed by atoms with E-state index in [1.54, 1.807) is 0 Å². The van der Waals surface area contributed by atoms with Crippen molar-refractivity contribution in [2.75, 3.05) is 13.2 Å². The Labute approximate surface area is 174 Å². The van der Waals surface area contributed by atoms with Crippen LogP contribution >= 0.6 is 0 Å². The quantitative estimate of drug-likeness (QED) is 0.755. The van der Waals surface area contributed by atoms with Crippen molar-refractivity contribution in [3.05, 3.63) is 46.8 Å². The maximum absolute atomic E-state index is 13.2. The van der Waals surface area contributed by atoms with E-state index in [4.69, 9.17) is 4.74 Å². The Hall–Kier alpha value is -2.51. The number of carbonyl (C=O) groups excluding carboxylic acids is 1. The van der Waals surface area contributed by atoms with Crippen molar-refractivity contribution in [1.82, 2.24) is 15.1 Å². The second kappa shape index (κ2) is 8.70. The Morgan fingerprint density at radius 1 is 1.13 bits per heavy atom. The van der Waals surface area contributed by atoms with Gasteiger partial charge in [-0.3, -0.25) is 9.48 Å². The summed E-state index contributed by atoms with van der Waals surface area (Å²) in [5.41, 5.74) is 1.36. The molecule has 0 fully saturated rings. The summed E-state index contributed by atoms with van der Waals surface area (Å²) in [7, 11) is 0. The van der Waals surface area contributed by atoms with Gasteiger partial charge < -0.3 is 10.1 Å². The third-order valence-electron chi connectivity index (χ3n) is 5.26. The highest BCUT2D eigenvalue weighted by Crippen LogP contribution is 2.35. The second-order valence-electron chi connectivity index (χ2n) is 8.61. The summed E-state index contributed by atoms with van der Waals surface area (Å²) in [5, 5.41) is 6.48. The van der Waals surface area contributed by atoms with E-state index >= 15 is 0 Å². The number of hydrogen-bond acceptors (Lipinski definition) is 3. The van der Waals surface area contributed by atoms with E-state index in [2.05, 4.69) is 31.2 Å². The fourth-order valence-electron chi connectivity index (χ4n) is 3.64. The fourth-order valence-corrected chi connectivity index (χ4v) is 3.64. The Bertz CT molecular complexity index is 881. The molecule has 164 valence electrons. The number of fused-ring (bicyclic) bond motifs is 1. The Balaban J connectivity index is 1.51. The number of carbonyl (C=O) groups is 1. The van der Waals surface area contributed by atoms with Gasteiger partial charge in [-0.15, -0.1) is 0 Å².